The second-order valence-corrected chi connectivity index (χ2v) is 3.56. The molecule has 1 aromatic carbocycles. The normalized spacial score (nSPS) is 11.8. The molecular weight excluding hydrogens is 206 g/mol. The molecule has 0 saturated carbocycles. The summed E-state index contributed by atoms with van der Waals surface area (Å²) in [5.74, 6) is 0. The van der Waals surface area contributed by atoms with E-state index in [1.165, 1.54) is 0 Å². The first-order valence-electron chi connectivity index (χ1n) is 4.91. The SMILES string of the molecule is Cc1ccc(C(C)NCC#N)cc1[N+](=O)[O-]. The highest BCUT2D eigenvalue weighted by atomic mass is 16.6. The van der Waals surface area contributed by atoms with Gasteiger partial charge < -0.3 is 0 Å². The minimum atomic E-state index is -0.393. The van der Waals surface area contributed by atoms with Gasteiger partial charge in [-0.2, -0.15) is 5.26 Å². The lowest BCUT2D eigenvalue weighted by Gasteiger charge is -2.11. The molecule has 0 aliphatic carbocycles. The molecule has 5 heteroatoms. The van der Waals surface area contributed by atoms with Crippen LogP contribution in [0.2, 0.25) is 0 Å². The van der Waals surface area contributed by atoms with E-state index in [1.54, 1.807) is 19.1 Å². The zero-order valence-electron chi connectivity index (χ0n) is 9.23. The molecule has 0 bridgehead atoms. The van der Waals surface area contributed by atoms with Gasteiger partial charge in [0.25, 0.3) is 5.69 Å². The number of nitrogens with one attached hydrogen (secondary N) is 1. The number of nitriles is 1. The summed E-state index contributed by atoms with van der Waals surface area (Å²) in [7, 11) is 0. The molecule has 0 heterocycles. The van der Waals surface area contributed by atoms with E-state index in [-0.39, 0.29) is 18.3 Å². The van der Waals surface area contributed by atoms with Gasteiger partial charge in [0.2, 0.25) is 0 Å². The number of nitro groups is 1. The molecule has 0 saturated heterocycles. The van der Waals surface area contributed by atoms with Crippen LogP contribution in [0.5, 0.6) is 0 Å². The first kappa shape index (κ1) is 12.1. The van der Waals surface area contributed by atoms with E-state index in [2.05, 4.69) is 5.32 Å². The predicted octanol–water partition coefficient (Wildman–Crippen LogP) is 2.08. The van der Waals surface area contributed by atoms with Gasteiger partial charge in [0, 0.05) is 17.7 Å². The van der Waals surface area contributed by atoms with Crippen molar-refractivity contribution in [3.05, 3.63) is 39.4 Å². The molecular formula is C11H13N3O2. The maximum Gasteiger partial charge on any atom is 0.272 e. The monoisotopic (exact) mass is 219 g/mol. The number of rotatable bonds is 4. The van der Waals surface area contributed by atoms with Crippen LogP contribution in [0.4, 0.5) is 5.69 Å². The molecule has 1 unspecified atom stereocenters. The quantitative estimate of drug-likeness (QED) is 0.477. The predicted molar refractivity (Wildman–Crippen MR) is 59.9 cm³/mol. The Morgan fingerprint density at radius 1 is 1.62 bits per heavy atom. The van der Waals surface area contributed by atoms with Crippen LogP contribution in [0.25, 0.3) is 0 Å². The molecule has 0 fully saturated rings. The summed E-state index contributed by atoms with van der Waals surface area (Å²) in [6.07, 6.45) is 0. The highest BCUT2D eigenvalue weighted by Crippen LogP contribution is 2.22. The Morgan fingerprint density at radius 3 is 2.88 bits per heavy atom. The standard InChI is InChI=1S/C11H13N3O2/c1-8-3-4-10(7-11(8)14(15)16)9(2)13-6-5-12/h3-4,7,9,13H,6H2,1-2H3. The number of nitro benzene ring substituents is 1. The third kappa shape index (κ3) is 2.78. The molecule has 0 aliphatic rings. The highest BCUT2D eigenvalue weighted by Gasteiger charge is 2.13. The van der Waals surface area contributed by atoms with Crippen LogP contribution < -0.4 is 5.32 Å². The Balaban J connectivity index is 2.94. The fraction of sp³-hybridized carbons (Fsp3) is 0.364. The van der Waals surface area contributed by atoms with Crippen molar-refractivity contribution in [2.24, 2.45) is 0 Å². The van der Waals surface area contributed by atoms with Crippen molar-refractivity contribution >= 4 is 5.69 Å². The number of aryl methyl sites for hydroxylation is 1. The third-order valence-corrected chi connectivity index (χ3v) is 2.42. The molecule has 1 aromatic rings. The Labute approximate surface area is 93.9 Å². The summed E-state index contributed by atoms with van der Waals surface area (Å²) < 4.78 is 0. The van der Waals surface area contributed by atoms with Crippen LogP contribution in [0.1, 0.15) is 24.1 Å². The van der Waals surface area contributed by atoms with E-state index in [0.717, 1.165) is 5.56 Å². The van der Waals surface area contributed by atoms with Crippen LogP contribution in [0, 0.1) is 28.4 Å². The summed E-state index contributed by atoms with van der Waals surface area (Å²) in [5.41, 5.74) is 1.57. The van der Waals surface area contributed by atoms with Gasteiger partial charge in [-0.1, -0.05) is 12.1 Å². The average molecular weight is 219 g/mol. The van der Waals surface area contributed by atoms with Crippen molar-refractivity contribution in [1.29, 1.82) is 5.26 Å². The smallest absolute Gasteiger partial charge is 0.272 e. The number of hydrogen-bond acceptors (Lipinski definition) is 4. The van der Waals surface area contributed by atoms with Crippen LogP contribution in [0.15, 0.2) is 18.2 Å². The van der Waals surface area contributed by atoms with Gasteiger partial charge in [-0.25, -0.2) is 0 Å². The summed E-state index contributed by atoms with van der Waals surface area (Å²) >= 11 is 0. The zero-order valence-corrected chi connectivity index (χ0v) is 9.23. The lowest BCUT2D eigenvalue weighted by atomic mass is 10.0. The lowest BCUT2D eigenvalue weighted by Crippen LogP contribution is -2.18. The van der Waals surface area contributed by atoms with Gasteiger partial charge in [0.15, 0.2) is 0 Å². The zero-order chi connectivity index (χ0) is 12.1. The van der Waals surface area contributed by atoms with Crippen molar-refractivity contribution in [3.8, 4) is 6.07 Å². The minimum Gasteiger partial charge on any atom is -0.298 e. The van der Waals surface area contributed by atoms with Gasteiger partial charge >= 0.3 is 0 Å². The van der Waals surface area contributed by atoms with Crippen LogP contribution in [-0.4, -0.2) is 11.5 Å². The highest BCUT2D eigenvalue weighted by molar-refractivity contribution is 5.43. The molecule has 16 heavy (non-hydrogen) atoms. The maximum atomic E-state index is 10.7. The molecule has 0 aromatic heterocycles. The van der Waals surface area contributed by atoms with Gasteiger partial charge in [0.1, 0.15) is 0 Å². The average Bonchev–Trinajstić information content (AvgIpc) is 2.26. The number of hydrogen-bond donors (Lipinski definition) is 1. The van der Waals surface area contributed by atoms with E-state index in [4.69, 9.17) is 5.26 Å². The van der Waals surface area contributed by atoms with E-state index in [0.29, 0.717) is 5.56 Å². The van der Waals surface area contributed by atoms with Gasteiger partial charge in [-0.3, -0.25) is 15.4 Å². The number of benzene rings is 1. The Hall–Kier alpha value is -1.93. The van der Waals surface area contributed by atoms with Crippen molar-refractivity contribution in [2.45, 2.75) is 19.9 Å². The Kier molecular flexibility index (Phi) is 3.97. The van der Waals surface area contributed by atoms with Gasteiger partial charge in [-0.15, -0.1) is 0 Å². The topological polar surface area (TPSA) is 79.0 Å². The second kappa shape index (κ2) is 5.24. The van der Waals surface area contributed by atoms with Crippen molar-refractivity contribution in [3.63, 3.8) is 0 Å². The molecule has 84 valence electrons. The Bertz CT molecular complexity index is 437. The fourth-order valence-corrected chi connectivity index (χ4v) is 1.41. The summed E-state index contributed by atoms with van der Waals surface area (Å²) in [6.45, 7) is 3.80. The summed E-state index contributed by atoms with van der Waals surface area (Å²) in [4.78, 5) is 10.4. The van der Waals surface area contributed by atoms with Crippen molar-refractivity contribution < 1.29 is 4.92 Å². The molecule has 1 atom stereocenters. The van der Waals surface area contributed by atoms with Crippen LogP contribution >= 0.6 is 0 Å². The molecule has 0 aliphatic heterocycles. The first-order chi connectivity index (χ1) is 7.56. The van der Waals surface area contributed by atoms with E-state index in [9.17, 15) is 10.1 Å². The molecule has 5 nitrogen and oxygen atoms in total. The van der Waals surface area contributed by atoms with Crippen LogP contribution in [-0.2, 0) is 0 Å². The molecule has 0 spiro atoms. The summed E-state index contributed by atoms with van der Waals surface area (Å²) in [5, 5.41) is 22.1. The molecule has 0 amide bonds. The largest absolute Gasteiger partial charge is 0.298 e. The first-order valence-corrected chi connectivity index (χ1v) is 4.91. The molecule has 0 radical (unpaired) electrons. The summed E-state index contributed by atoms with van der Waals surface area (Å²) in [6, 6.07) is 7.00. The van der Waals surface area contributed by atoms with Crippen LogP contribution in [0.3, 0.4) is 0 Å². The van der Waals surface area contributed by atoms with E-state index < -0.39 is 4.92 Å². The second-order valence-electron chi connectivity index (χ2n) is 3.56. The lowest BCUT2D eigenvalue weighted by molar-refractivity contribution is -0.385. The van der Waals surface area contributed by atoms with E-state index in [1.807, 2.05) is 19.1 Å². The maximum absolute atomic E-state index is 10.7. The third-order valence-electron chi connectivity index (χ3n) is 2.42. The van der Waals surface area contributed by atoms with Crippen molar-refractivity contribution in [1.82, 2.24) is 5.32 Å². The van der Waals surface area contributed by atoms with Crippen molar-refractivity contribution in [2.75, 3.05) is 6.54 Å². The van der Waals surface area contributed by atoms with Gasteiger partial charge in [-0.05, 0) is 19.4 Å². The Morgan fingerprint density at radius 2 is 2.31 bits per heavy atom. The van der Waals surface area contributed by atoms with Gasteiger partial charge in [0.05, 0.1) is 17.5 Å². The molecule has 1 N–H and O–H groups in total. The van der Waals surface area contributed by atoms with E-state index >= 15 is 0 Å². The molecule has 1 rings (SSSR count). The fourth-order valence-electron chi connectivity index (χ4n) is 1.41. The minimum absolute atomic E-state index is 0.0704. The number of nitrogens with zero attached hydrogens (tertiary/aromatic N) is 2.